The second-order valence-corrected chi connectivity index (χ2v) is 8.84. The summed E-state index contributed by atoms with van der Waals surface area (Å²) in [4.78, 5) is 17.2. The van der Waals surface area contributed by atoms with Crippen molar-refractivity contribution in [3.63, 3.8) is 0 Å². The Morgan fingerprint density at radius 2 is 1.93 bits per heavy atom. The van der Waals surface area contributed by atoms with Crippen LogP contribution in [-0.2, 0) is 0 Å². The molecular weight excluding hydrogens is 478 g/mol. The van der Waals surface area contributed by atoms with E-state index in [1.54, 1.807) is 6.07 Å². The number of thiazole rings is 1. The summed E-state index contributed by atoms with van der Waals surface area (Å²) < 4.78 is 1.93. The van der Waals surface area contributed by atoms with E-state index in [4.69, 9.17) is 23.8 Å². The molecular formula is C20H13BrClN3OS2. The van der Waals surface area contributed by atoms with Gasteiger partial charge in [-0.15, -0.1) is 0 Å². The molecule has 0 atom stereocenters. The third-order valence-electron chi connectivity index (χ3n) is 4.23. The molecule has 0 saturated heterocycles. The first-order valence-electron chi connectivity index (χ1n) is 8.28. The van der Waals surface area contributed by atoms with Crippen molar-refractivity contribution >= 4 is 88.2 Å². The van der Waals surface area contributed by atoms with Gasteiger partial charge in [0.1, 0.15) is 0 Å². The minimum absolute atomic E-state index is 0.193. The number of benzene rings is 3. The number of carbonyl (C=O) groups is 1. The minimum Gasteiger partial charge on any atom is -0.308 e. The van der Waals surface area contributed by atoms with Gasteiger partial charge in [-0.05, 0) is 59.7 Å². The minimum atomic E-state index is -0.277. The van der Waals surface area contributed by atoms with Crippen molar-refractivity contribution in [2.75, 3.05) is 5.32 Å². The first-order valence-corrected chi connectivity index (χ1v) is 10.7. The summed E-state index contributed by atoms with van der Waals surface area (Å²) in [6.07, 6.45) is 0. The first-order chi connectivity index (χ1) is 13.4. The number of rotatable bonds is 2. The fourth-order valence-corrected chi connectivity index (χ4v) is 4.73. The highest BCUT2D eigenvalue weighted by Gasteiger charge is 2.14. The summed E-state index contributed by atoms with van der Waals surface area (Å²) in [6.45, 7) is 1.95. The lowest BCUT2D eigenvalue weighted by Crippen LogP contribution is -2.34. The second kappa shape index (κ2) is 7.75. The van der Waals surface area contributed by atoms with Gasteiger partial charge in [-0.2, -0.15) is 0 Å². The molecule has 1 heterocycles. The van der Waals surface area contributed by atoms with Crippen molar-refractivity contribution in [1.82, 2.24) is 10.3 Å². The fourth-order valence-electron chi connectivity index (χ4n) is 2.87. The Morgan fingerprint density at radius 3 is 2.75 bits per heavy atom. The SMILES string of the molecule is Cc1cc2sc(NC(=S)NC(=O)c3cccc4c(Br)cccc34)nc2cc1Cl. The number of halogens is 2. The van der Waals surface area contributed by atoms with Gasteiger partial charge in [-0.1, -0.05) is 63.1 Å². The van der Waals surface area contributed by atoms with E-state index in [2.05, 4.69) is 31.5 Å². The summed E-state index contributed by atoms with van der Waals surface area (Å²) in [5.41, 5.74) is 2.33. The molecule has 4 aromatic rings. The maximum atomic E-state index is 12.7. The zero-order valence-corrected chi connectivity index (χ0v) is 18.5. The van der Waals surface area contributed by atoms with Crippen molar-refractivity contribution in [2.45, 2.75) is 6.92 Å². The summed E-state index contributed by atoms with van der Waals surface area (Å²) in [6, 6.07) is 15.1. The van der Waals surface area contributed by atoms with Crippen LogP contribution in [0.1, 0.15) is 15.9 Å². The average molecular weight is 491 g/mol. The molecule has 2 N–H and O–H groups in total. The van der Waals surface area contributed by atoms with Crippen LogP contribution in [-0.4, -0.2) is 16.0 Å². The standard InChI is InChI=1S/C20H13BrClN3OS2/c1-10-8-17-16(9-15(10)22)23-20(28-17)25-19(27)24-18(26)13-6-2-5-12-11(13)4-3-7-14(12)21/h2-9H,1H3,(H2,23,24,25,26,27). The van der Waals surface area contributed by atoms with Gasteiger partial charge in [0.15, 0.2) is 10.2 Å². The predicted molar refractivity (Wildman–Crippen MR) is 125 cm³/mol. The lowest BCUT2D eigenvalue weighted by molar-refractivity contribution is 0.0979. The van der Waals surface area contributed by atoms with Gasteiger partial charge in [-0.3, -0.25) is 10.1 Å². The molecule has 0 fully saturated rings. The van der Waals surface area contributed by atoms with Gasteiger partial charge in [0.05, 0.1) is 10.2 Å². The number of aromatic nitrogens is 1. The Hall–Kier alpha value is -2.06. The van der Waals surface area contributed by atoms with E-state index in [0.29, 0.717) is 15.7 Å². The number of nitrogens with one attached hydrogen (secondary N) is 2. The summed E-state index contributed by atoms with van der Waals surface area (Å²) in [5.74, 6) is -0.277. The Labute approximate surface area is 184 Å². The van der Waals surface area contributed by atoms with E-state index in [-0.39, 0.29) is 11.0 Å². The lowest BCUT2D eigenvalue weighted by Gasteiger charge is -2.10. The topological polar surface area (TPSA) is 54.0 Å². The Kier molecular flexibility index (Phi) is 5.33. The molecule has 0 unspecified atom stereocenters. The van der Waals surface area contributed by atoms with E-state index in [0.717, 1.165) is 31.0 Å². The normalized spacial score (nSPS) is 11.0. The number of aryl methyl sites for hydroxylation is 1. The zero-order chi connectivity index (χ0) is 19.8. The molecule has 0 aliphatic heterocycles. The summed E-state index contributed by atoms with van der Waals surface area (Å²) >= 11 is 16.4. The number of anilines is 1. The largest absolute Gasteiger partial charge is 0.308 e. The maximum Gasteiger partial charge on any atom is 0.258 e. The molecule has 0 bridgehead atoms. The number of hydrogen-bond acceptors (Lipinski definition) is 4. The van der Waals surface area contributed by atoms with E-state index in [1.165, 1.54) is 11.3 Å². The summed E-state index contributed by atoms with van der Waals surface area (Å²) in [7, 11) is 0. The van der Waals surface area contributed by atoms with Crippen LogP contribution in [0, 0.1) is 6.92 Å². The van der Waals surface area contributed by atoms with Gasteiger partial charge in [-0.25, -0.2) is 4.98 Å². The highest BCUT2D eigenvalue weighted by atomic mass is 79.9. The van der Waals surface area contributed by atoms with Gasteiger partial charge in [0, 0.05) is 15.1 Å². The van der Waals surface area contributed by atoms with E-state index in [1.807, 2.05) is 49.4 Å². The number of carbonyl (C=O) groups excluding carboxylic acids is 1. The van der Waals surface area contributed by atoms with Crippen molar-refractivity contribution < 1.29 is 4.79 Å². The molecule has 0 spiro atoms. The number of amides is 1. The molecule has 1 amide bonds. The van der Waals surface area contributed by atoms with Crippen LogP contribution in [0.2, 0.25) is 5.02 Å². The van der Waals surface area contributed by atoms with E-state index in [9.17, 15) is 4.79 Å². The van der Waals surface area contributed by atoms with Crippen LogP contribution < -0.4 is 10.6 Å². The first kappa shape index (κ1) is 19.3. The van der Waals surface area contributed by atoms with Crippen molar-refractivity contribution in [2.24, 2.45) is 0 Å². The van der Waals surface area contributed by atoms with Crippen LogP contribution in [0.5, 0.6) is 0 Å². The molecule has 4 rings (SSSR count). The van der Waals surface area contributed by atoms with Crippen LogP contribution in [0.4, 0.5) is 5.13 Å². The summed E-state index contributed by atoms with van der Waals surface area (Å²) in [5, 5.41) is 8.99. The number of hydrogen-bond donors (Lipinski definition) is 2. The fraction of sp³-hybridized carbons (Fsp3) is 0.0500. The van der Waals surface area contributed by atoms with Crippen LogP contribution in [0.3, 0.4) is 0 Å². The molecule has 0 radical (unpaired) electrons. The van der Waals surface area contributed by atoms with E-state index >= 15 is 0 Å². The van der Waals surface area contributed by atoms with Crippen molar-refractivity contribution in [3.05, 3.63) is 69.2 Å². The van der Waals surface area contributed by atoms with Gasteiger partial charge >= 0.3 is 0 Å². The third kappa shape index (κ3) is 3.75. The van der Waals surface area contributed by atoms with E-state index < -0.39 is 0 Å². The Bertz CT molecular complexity index is 1220. The van der Waals surface area contributed by atoms with Crippen LogP contribution in [0.15, 0.2) is 53.0 Å². The molecule has 28 heavy (non-hydrogen) atoms. The van der Waals surface area contributed by atoms with Crippen molar-refractivity contribution in [3.8, 4) is 0 Å². The molecule has 140 valence electrons. The lowest BCUT2D eigenvalue weighted by atomic mass is 10.0. The zero-order valence-electron chi connectivity index (χ0n) is 14.5. The number of nitrogens with zero attached hydrogens (tertiary/aromatic N) is 1. The van der Waals surface area contributed by atoms with Gasteiger partial charge in [0.25, 0.3) is 5.91 Å². The Balaban J connectivity index is 1.54. The number of thiocarbonyl (C=S) groups is 1. The highest BCUT2D eigenvalue weighted by molar-refractivity contribution is 9.10. The molecule has 4 nitrogen and oxygen atoms in total. The molecule has 8 heteroatoms. The maximum absolute atomic E-state index is 12.7. The molecule has 0 aliphatic rings. The highest BCUT2D eigenvalue weighted by Crippen LogP contribution is 2.30. The number of fused-ring (bicyclic) bond motifs is 2. The third-order valence-corrected chi connectivity index (χ3v) is 6.47. The molecule has 3 aromatic carbocycles. The van der Waals surface area contributed by atoms with Gasteiger partial charge < -0.3 is 5.32 Å². The average Bonchev–Trinajstić information content (AvgIpc) is 3.02. The quantitative estimate of drug-likeness (QED) is 0.324. The monoisotopic (exact) mass is 489 g/mol. The van der Waals surface area contributed by atoms with Crippen LogP contribution in [0.25, 0.3) is 21.0 Å². The smallest absolute Gasteiger partial charge is 0.258 e. The predicted octanol–water partition coefficient (Wildman–Crippen LogP) is 6.30. The van der Waals surface area contributed by atoms with Crippen LogP contribution >= 0.6 is 51.1 Å². The molecule has 0 saturated carbocycles. The Morgan fingerprint density at radius 1 is 1.18 bits per heavy atom. The second-order valence-electron chi connectivity index (χ2n) is 6.14. The van der Waals surface area contributed by atoms with Crippen molar-refractivity contribution in [1.29, 1.82) is 0 Å². The van der Waals surface area contributed by atoms with Gasteiger partial charge in [0.2, 0.25) is 0 Å². The molecule has 0 aliphatic carbocycles. The molecule has 1 aromatic heterocycles.